The van der Waals surface area contributed by atoms with Crippen LogP contribution in [0.2, 0.25) is 5.02 Å². The number of hydrogen-bond donors (Lipinski definition) is 1. The van der Waals surface area contributed by atoms with Crippen LogP contribution in [-0.4, -0.2) is 76.3 Å². The van der Waals surface area contributed by atoms with Gasteiger partial charge in [0.1, 0.15) is 11.9 Å². The lowest BCUT2D eigenvalue weighted by Crippen LogP contribution is -2.47. The second-order valence-electron chi connectivity index (χ2n) is 8.36. The Labute approximate surface area is 193 Å². The van der Waals surface area contributed by atoms with Crippen molar-refractivity contribution in [1.82, 2.24) is 19.8 Å². The van der Waals surface area contributed by atoms with Crippen LogP contribution in [0.3, 0.4) is 0 Å². The van der Waals surface area contributed by atoms with E-state index in [0.29, 0.717) is 23.9 Å². The van der Waals surface area contributed by atoms with Crippen LogP contribution < -0.4 is 9.64 Å². The first kappa shape index (κ1) is 22.6. The highest BCUT2D eigenvalue weighted by Gasteiger charge is 2.24. The van der Waals surface area contributed by atoms with Crippen LogP contribution in [0.5, 0.6) is 5.75 Å². The van der Waals surface area contributed by atoms with E-state index in [1.54, 1.807) is 0 Å². The van der Waals surface area contributed by atoms with Crippen molar-refractivity contribution < 1.29 is 14.6 Å². The zero-order valence-corrected chi connectivity index (χ0v) is 19.2. The molecule has 0 atom stereocenters. The van der Waals surface area contributed by atoms with Gasteiger partial charge in [0, 0.05) is 71.0 Å². The normalized spacial score (nSPS) is 18.1. The summed E-state index contributed by atoms with van der Waals surface area (Å²) in [5, 5.41) is 9.69. The van der Waals surface area contributed by atoms with Gasteiger partial charge in [-0.25, -0.2) is 14.8 Å². The largest absolute Gasteiger partial charge is 0.489 e. The summed E-state index contributed by atoms with van der Waals surface area (Å²) in [4.78, 5) is 25.9. The molecule has 2 saturated heterocycles. The molecule has 0 spiro atoms. The second kappa shape index (κ2) is 10.4. The van der Waals surface area contributed by atoms with Crippen molar-refractivity contribution in [2.24, 2.45) is 0 Å². The third kappa shape index (κ3) is 5.61. The van der Waals surface area contributed by atoms with Gasteiger partial charge in [-0.2, -0.15) is 0 Å². The lowest BCUT2D eigenvalue weighted by Gasteiger charge is -2.33. The fraction of sp³-hybridized carbons (Fsp3) is 0.522. The van der Waals surface area contributed by atoms with Gasteiger partial charge in [-0.3, -0.25) is 4.90 Å². The molecule has 2 aliphatic rings. The molecule has 1 N–H and O–H groups in total. The number of piperidine rings is 1. The monoisotopic (exact) mass is 459 g/mol. The van der Waals surface area contributed by atoms with Crippen molar-refractivity contribution in [3.05, 3.63) is 46.7 Å². The fourth-order valence-corrected chi connectivity index (χ4v) is 4.39. The maximum absolute atomic E-state index is 11.0. The Morgan fingerprint density at radius 2 is 1.78 bits per heavy atom. The molecular weight excluding hydrogens is 430 g/mol. The van der Waals surface area contributed by atoms with Gasteiger partial charge in [0.15, 0.2) is 0 Å². The van der Waals surface area contributed by atoms with Crippen LogP contribution in [0, 0.1) is 0 Å². The third-order valence-corrected chi connectivity index (χ3v) is 6.46. The van der Waals surface area contributed by atoms with Gasteiger partial charge in [-0.1, -0.05) is 24.6 Å². The third-order valence-electron chi connectivity index (χ3n) is 6.16. The zero-order valence-electron chi connectivity index (χ0n) is 18.4. The summed E-state index contributed by atoms with van der Waals surface area (Å²) >= 11 is 6.52. The minimum Gasteiger partial charge on any atom is -0.489 e. The standard InChI is InChI=1S/C23H30ClN5O3/c1-2-17-14-25-22(26-15-17)28-7-5-19(6-8-28)32-21-4-3-18(13-20(21)24)16-27-9-11-29(12-10-27)23(30)31/h3-4,13-15,19H,2,5-12,16H2,1H3,(H,30,31). The Morgan fingerprint density at radius 1 is 1.09 bits per heavy atom. The first-order valence-electron chi connectivity index (χ1n) is 11.2. The van der Waals surface area contributed by atoms with Crippen LogP contribution in [-0.2, 0) is 13.0 Å². The van der Waals surface area contributed by atoms with E-state index < -0.39 is 6.09 Å². The predicted octanol–water partition coefficient (Wildman–Crippen LogP) is 3.54. The highest BCUT2D eigenvalue weighted by Crippen LogP contribution is 2.29. The molecule has 0 saturated carbocycles. The number of ether oxygens (including phenoxy) is 1. The molecule has 1 amide bonds. The van der Waals surface area contributed by atoms with E-state index in [2.05, 4.69) is 26.7 Å². The molecule has 3 heterocycles. The van der Waals surface area contributed by atoms with E-state index in [9.17, 15) is 4.79 Å². The first-order chi connectivity index (χ1) is 15.5. The quantitative estimate of drug-likeness (QED) is 0.707. The molecule has 4 rings (SSSR count). The number of aryl methyl sites for hydroxylation is 1. The number of anilines is 1. The summed E-state index contributed by atoms with van der Waals surface area (Å²) in [5.41, 5.74) is 2.25. The van der Waals surface area contributed by atoms with E-state index in [1.807, 2.05) is 30.6 Å². The number of halogens is 1. The van der Waals surface area contributed by atoms with Crippen molar-refractivity contribution in [1.29, 1.82) is 0 Å². The minimum atomic E-state index is -0.845. The molecule has 0 radical (unpaired) electrons. The van der Waals surface area contributed by atoms with E-state index in [0.717, 1.165) is 69.1 Å². The van der Waals surface area contributed by atoms with Crippen LogP contribution in [0.1, 0.15) is 30.9 Å². The number of amides is 1. The SMILES string of the molecule is CCc1cnc(N2CCC(Oc3ccc(CN4CCN(C(=O)O)CC4)cc3Cl)CC2)nc1. The van der Waals surface area contributed by atoms with Gasteiger partial charge in [0.2, 0.25) is 5.95 Å². The molecule has 0 aliphatic carbocycles. The van der Waals surface area contributed by atoms with E-state index in [1.165, 1.54) is 4.90 Å². The maximum Gasteiger partial charge on any atom is 0.407 e. The van der Waals surface area contributed by atoms with Crippen LogP contribution in [0.15, 0.2) is 30.6 Å². The average molecular weight is 460 g/mol. The van der Waals surface area contributed by atoms with Crippen molar-refractivity contribution >= 4 is 23.6 Å². The second-order valence-corrected chi connectivity index (χ2v) is 8.77. The number of carboxylic acid groups (broad SMARTS) is 1. The summed E-state index contributed by atoms with van der Waals surface area (Å²) in [6, 6.07) is 5.95. The van der Waals surface area contributed by atoms with Gasteiger partial charge >= 0.3 is 6.09 Å². The number of piperazine rings is 1. The fourth-order valence-electron chi connectivity index (χ4n) is 4.14. The van der Waals surface area contributed by atoms with Crippen LogP contribution in [0.25, 0.3) is 0 Å². The summed E-state index contributed by atoms with van der Waals surface area (Å²) in [5.74, 6) is 1.50. The number of hydrogen-bond acceptors (Lipinski definition) is 6. The minimum absolute atomic E-state index is 0.119. The first-order valence-corrected chi connectivity index (χ1v) is 11.6. The van der Waals surface area contributed by atoms with E-state index >= 15 is 0 Å². The van der Waals surface area contributed by atoms with Crippen LogP contribution >= 0.6 is 11.6 Å². The molecule has 2 aromatic rings. The molecule has 8 nitrogen and oxygen atoms in total. The van der Waals surface area contributed by atoms with Gasteiger partial charge in [0.25, 0.3) is 0 Å². The van der Waals surface area contributed by atoms with Gasteiger partial charge < -0.3 is 19.6 Å². The molecule has 2 fully saturated rings. The highest BCUT2D eigenvalue weighted by atomic mass is 35.5. The van der Waals surface area contributed by atoms with Crippen molar-refractivity contribution in [2.75, 3.05) is 44.2 Å². The van der Waals surface area contributed by atoms with Crippen LogP contribution in [0.4, 0.5) is 10.7 Å². The smallest absolute Gasteiger partial charge is 0.407 e. The molecular formula is C23H30ClN5O3. The number of carbonyl (C=O) groups is 1. The van der Waals surface area contributed by atoms with Crippen molar-refractivity contribution in [2.45, 2.75) is 38.8 Å². The Morgan fingerprint density at radius 3 is 2.38 bits per heavy atom. The van der Waals surface area contributed by atoms with E-state index in [4.69, 9.17) is 21.4 Å². The summed E-state index contributed by atoms with van der Waals surface area (Å²) in [6.45, 7) is 7.09. The number of nitrogens with zero attached hydrogens (tertiary/aromatic N) is 5. The number of benzene rings is 1. The molecule has 1 aromatic heterocycles. The Kier molecular flexibility index (Phi) is 7.32. The summed E-state index contributed by atoms with van der Waals surface area (Å²) in [7, 11) is 0. The molecule has 2 aliphatic heterocycles. The lowest BCUT2D eigenvalue weighted by molar-refractivity contribution is 0.103. The molecule has 0 bridgehead atoms. The van der Waals surface area contributed by atoms with E-state index in [-0.39, 0.29) is 6.10 Å². The lowest BCUT2D eigenvalue weighted by atomic mass is 10.1. The number of aromatic nitrogens is 2. The summed E-state index contributed by atoms with van der Waals surface area (Å²) < 4.78 is 6.21. The molecule has 0 unspecified atom stereocenters. The average Bonchev–Trinajstić information content (AvgIpc) is 2.82. The predicted molar refractivity (Wildman–Crippen MR) is 124 cm³/mol. The van der Waals surface area contributed by atoms with Gasteiger partial charge in [-0.15, -0.1) is 0 Å². The Balaban J connectivity index is 1.26. The molecule has 32 heavy (non-hydrogen) atoms. The van der Waals surface area contributed by atoms with Crippen molar-refractivity contribution in [3.8, 4) is 5.75 Å². The maximum atomic E-state index is 11.0. The zero-order chi connectivity index (χ0) is 22.5. The Hall–Kier alpha value is -2.58. The van der Waals surface area contributed by atoms with Crippen molar-refractivity contribution in [3.63, 3.8) is 0 Å². The molecule has 1 aromatic carbocycles. The van der Waals surface area contributed by atoms with Gasteiger partial charge in [0.05, 0.1) is 5.02 Å². The number of rotatable bonds is 6. The molecule has 172 valence electrons. The highest BCUT2D eigenvalue weighted by molar-refractivity contribution is 6.32. The summed E-state index contributed by atoms with van der Waals surface area (Å²) in [6.07, 6.45) is 5.80. The van der Waals surface area contributed by atoms with Gasteiger partial charge in [-0.05, 0) is 29.7 Å². The molecule has 9 heteroatoms. The Bertz CT molecular complexity index is 910. The topological polar surface area (TPSA) is 82.0 Å².